The van der Waals surface area contributed by atoms with Crippen LogP contribution >= 0.6 is 0 Å². The number of rotatable bonds is 2. The zero-order valence-electron chi connectivity index (χ0n) is 6.32. The minimum absolute atomic E-state index is 0.654. The molecule has 0 fully saturated rings. The van der Waals surface area contributed by atoms with Gasteiger partial charge in [-0.25, -0.2) is 4.99 Å². The molecule has 0 saturated heterocycles. The molecule has 0 aliphatic heterocycles. The Hall–Kier alpha value is -1.31. The summed E-state index contributed by atoms with van der Waals surface area (Å²) in [5.41, 5.74) is 1.38. The van der Waals surface area contributed by atoms with Crippen molar-refractivity contribution in [2.24, 2.45) is 4.99 Å². The van der Waals surface area contributed by atoms with Crippen LogP contribution in [0.3, 0.4) is 0 Å². The van der Waals surface area contributed by atoms with Crippen molar-refractivity contribution in [3.8, 4) is 0 Å². The highest BCUT2D eigenvalue weighted by atomic mass is 16.5. The van der Waals surface area contributed by atoms with Gasteiger partial charge in [0.2, 0.25) is 0 Å². The maximum absolute atomic E-state index is 5.59. The van der Waals surface area contributed by atoms with Gasteiger partial charge in [-0.05, 0) is 11.6 Å². The van der Waals surface area contributed by atoms with Gasteiger partial charge in [0.15, 0.2) is 6.40 Å². The van der Waals surface area contributed by atoms with E-state index in [1.807, 2.05) is 18.2 Å². The highest BCUT2D eigenvalue weighted by Crippen LogP contribution is 2.15. The van der Waals surface area contributed by atoms with Crippen molar-refractivity contribution < 1.29 is 4.74 Å². The van der Waals surface area contributed by atoms with Crippen molar-refractivity contribution in [1.82, 2.24) is 0 Å². The Morgan fingerprint density at radius 3 is 2.82 bits per heavy atom. The van der Waals surface area contributed by atoms with Crippen LogP contribution in [0, 0.1) is 6.92 Å². The molecule has 0 spiro atoms. The number of benzene rings is 1. The lowest BCUT2D eigenvalue weighted by molar-refractivity contribution is 0.423. The lowest BCUT2D eigenvalue weighted by Crippen LogP contribution is -1.77. The van der Waals surface area contributed by atoms with Gasteiger partial charge in [0.05, 0.1) is 12.8 Å². The van der Waals surface area contributed by atoms with E-state index >= 15 is 0 Å². The Labute approximate surface area is 66.5 Å². The first-order chi connectivity index (χ1) is 5.34. The highest BCUT2D eigenvalue weighted by molar-refractivity contribution is 5.58. The van der Waals surface area contributed by atoms with Crippen LogP contribution in [0.15, 0.2) is 29.3 Å². The van der Waals surface area contributed by atoms with E-state index < -0.39 is 0 Å². The SMILES string of the molecule is [CH]c1ccccc1N=COC. The first-order valence-electron chi connectivity index (χ1n) is 3.24. The van der Waals surface area contributed by atoms with Crippen LogP contribution in [-0.4, -0.2) is 13.5 Å². The first-order valence-corrected chi connectivity index (χ1v) is 3.24. The van der Waals surface area contributed by atoms with Crippen LogP contribution in [-0.2, 0) is 4.74 Å². The zero-order valence-corrected chi connectivity index (χ0v) is 6.32. The van der Waals surface area contributed by atoms with Crippen molar-refractivity contribution in [3.63, 3.8) is 0 Å². The second-order valence-corrected chi connectivity index (χ2v) is 2.03. The average Bonchev–Trinajstić information content (AvgIpc) is 2.03. The van der Waals surface area contributed by atoms with Crippen LogP contribution in [0.2, 0.25) is 0 Å². The fraction of sp³-hybridized carbons (Fsp3) is 0.111. The van der Waals surface area contributed by atoms with E-state index in [0.29, 0.717) is 5.56 Å². The zero-order chi connectivity index (χ0) is 8.10. The summed E-state index contributed by atoms with van der Waals surface area (Å²) in [5.74, 6) is 0. The molecule has 2 heteroatoms. The third-order valence-corrected chi connectivity index (χ3v) is 1.23. The van der Waals surface area contributed by atoms with Crippen molar-refractivity contribution >= 4 is 12.1 Å². The Bertz CT molecular complexity index is 255. The fourth-order valence-corrected chi connectivity index (χ4v) is 0.715. The van der Waals surface area contributed by atoms with E-state index in [9.17, 15) is 0 Å². The van der Waals surface area contributed by atoms with Gasteiger partial charge in [0.1, 0.15) is 0 Å². The molecule has 0 aliphatic rings. The number of methoxy groups -OCH3 is 1. The lowest BCUT2D eigenvalue weighted by Gasteiger charge is -1.95. The lowest BCUT2D eigenvalue weighted by atomic mass is 10.2. The van der Waals surface area contributed by atoms with E-state index in [1.165, 1.54) is 6.40 Å². The average molecular weight is 147 g/mol. The van der Waals surface area contributed by atoms with Crippen LogP contribution in [0.1, 0.15) is 5.56 Å². The van der Waals surface area contributed by atoms with Gasteiger partial charge in [-0.3, -0.25) is 0 Å². The molecule has 0 aliphatic carbocycles. The topological polar surface area (TPSA) is 21.6 Å². The monoisotopic (exact) mass is 147 g/mol. The van der Waals surface area contributed by atoms with Gasteiger partial charge in [0.25, 0.3) is 0 Å². The summed E-state index contributed by atoms with van der Waals surface area (Å²) in [4.78, 5) is 3.95. The Kier molecular flexibility index (Phi) is 2.66. The number of ether oxygens (including phenoxy) is 1. The third-order valence-electron chi connectivity index (χ3n) is 1.23. The molecule has 0 heterocycles. The third kappa shape index (κ3) is 2.08. The molecule has 56 valence electrons. The molecule has 0 unspecified atom stereocenters. The Morgan fingerprint density at radius 2 is 2.18 bits per heavy atom. The van der Waals surface area contributed by atoms with E-state index in [0.717, 1.165) is 5.69 Å². The predicted molar refractivity (Wildman–Crippen MR) is 45.0 cm³/mol. The molecule has 0 bridgehead atoms. The van der Waals surface area contributed by atoms with Gasteiger partial charge in [-0.1, -0.05) is 18.2 Å². The second-order valence-electron chi connectivity index (χ2n) is 2.03. The molecule has 1 aromatic carbocycles. The first kappa shape index (κ1) is 7.79. The van der Waals surface area contributed by atoms with Gasteiger partial charge in [-0.15, -0.1) is 0 Å². The molecule has 0 N–H and O–H groups in total. The Morgan fingerprint density at radius 1 is 1.45 bits per heavy atom. The van der Waals surface area contributed by atoms with E-state index in [1.54, 1.807) is 13.2 Å². The quantitative estimate of drug-likeness (QED) is 0.463. The summed E-state index contributed by atoms with van der Waals surface area (Å²) >= 11 is 0. The molecule has 0 amide bonds. The van der Waals surface area contributed by atoms with Gasteiger partial charge >= 0.3 is 0 Å². The summed E-state index contributed by atoms with van der Waals surface area (Å²) in [6.45, 7) is 5.59. The molecule has 11 heavy (non-hydrogen) atoms. The molecule has 2 nitrogen and oxygen atoms in total. The van der Waals surface area contributed by atoms with E-state index in [-0.39, 0.29) is 0 Å². The molecule has 1 aromatic rings. The number of para-hydroxylation sites is 1. The summed E-state index contributed by atoms with van der Waals surface area (Å²) in [5, 5.41) is 0. The summed E-state index contributed by atoms with van der Waals surface area (Å²) in [6, 6.07) is 7.35. The summed E-state index contributed by atoms with van der Waals surface area (Å²) < 4.78 is 4.65. The smallest absolute Gasteiger partial charge is 0.174 e. The molecular formula is C9H9NO. The fourth-order valence-electron chi connectivity index (χ4n) is 0.715. The van der Waals surface area contributed by atoms with Crippen LogP contribution in [0.5, 0.6) is 0 Å². The summed E-state index contributed by atoms with van der Waals surface area (Å²) in [6.07, 6.45) is 1.35. The molecule has 1 rings (SSSR count). The van der Waals surface area contributed by atoms with Crippen LogP contribution in [0.25, 0.3) is 0 Å². The number of hydrogen-bond donors (Lipinski definition) is 0. The number of aliphatic imine (C=N–C) groups is 1. The molecule has 0 atom stereocenters. The predicted octanol–water partition coefficient (Wildman–Crippen LogP) is 2.05. The standard InChI is InChI=1S/C9H9NO/c1-8-5-3-4-6-9(8)10-7-11-2/h1,3-7H,2H3. The second kappa shape index (κ2) is 3.76. The molecule has 2 radical (unpaired) electrons. The minimum atomic E-state index is 0.654. The molecule has 0 aromatic heterocycles. The Balaban J connectivity index is 2.86. The van der Waals surface area contributed by atoms with Crippen molar-refractivity contribution in [3.05, 3.63) is 36.8 Å². The highest BCUT2D eigenvalue weighted by Gasteiger charge is 1.90. The summed E-state index contributed by atoms with van der Waals surface area (Å²) in [7, 11) is 1.54. The van der Waals surface area contributed by atoms with Gasteiger partial charge in [0, 0.05) is 6.92 Å². The van der Waals surface area contributed by atoms with Gasteiger partial charge in [-0.2, -0.15) is 0 Å². The molecular weight excluding hydrogens is 138 g/mol. The van der Waals surface area contributed by atoms with E-state index in [2.05, 4.69) is 9.73 Å². The number of hydrogen-bond acceptors (Lipinski definition) is 2. The van der Waals surface area contributed by atoms with Crippen molar-refractivity contribution in [2.45, 2.75) is 0 Å². The largest absolute Gasteiger partial charge is 0.486 e. The van der Waals surface area contributed by atoms with Crippen LogP contribution < -0.4 is 0 Å². The minimum Gasteiger partial charge on any atom is -0.486 e. The maximum Gasteiger partial charge on any atom is 0.174 e. The maximum atomic E-state index is 5.59. The van der Waals surface area contributed by atoms with Crippen LogP contribution in [0.4, 0.5) is 5.69 Å². The number of nitrogens with zero attached hydrogens (tertiary/aromatic N) is 1. The molecule has 0 saturated carbocycles. The van der Waals surface area contributed by atoms with Gasteiger partial charge < -0.3 is 4.74 Å². The normalized spacial score (nSPS) is 10.4. The van der Waals surface area contributed by atoms with Crippen molar-refractivity contribution in [1.29, 1.82) is 0 Å². The van der Waals surface area contributed by atoms with E-state index in [4.69, 9.17) is 6.92 Å². The van der Waals surface area contributed by atoms with Crippen molar-refractivity contribution in [2.75, 3.05) is 7.11 Å².